The van der Waals surface area contributed by atoms with Crippen molar-refractivity contribution in [3.63, 3.8) is 0 Å². The number of rotatable bonds is 6. The Balaban J connectivity index is 1.60. The molecule has 0 spiro atoms. The molecule has 1 heterocycles. The summed E-state index contributed by atoms with van der Waals surface area (Å²) in [6.45, 7) is 5.63. The summed E-state index contributed by atoms with van der Waals surface area (Å²) in [5, 5.41) is 7.17. The van der Waals surface area contributed by atoms with Crippen LogP contribution in [-0.4, -0.2) is 35.5 Å². The summed E-state index contributed by atoms with van der Waals surface area (Å²) in [6, 6.07) is 5.46. The second-order valence-electron chi connectivity index (χ2n) is 9.01. The number of anilines is 1. The molecular weight excluding hydrogens is 429 g/mol. The van der Waals surface area contributed by atoms with Crippen LogP contribution in [0.15, 0.2) is 36.7 Å². The molecule has 1 aromatic carbocycles. The van der Waals surface area contributed by atoms with E-state index in [-0.39, 0.29) is 11.7 Å². The van der Waals surface area contributed by atoms with E-state index in [9.17, 15) is 21.6 Å². The van der Waals surface area contributed by atoms with Gasteiger partial charge in [0.2, 0.25) is 10.0 Å². The van der Waals surface area contributed by atoms with Crippen LogP contribution in [0.5, 0.6) is 0 Å². The normalized spacial score (nSPS) is 20.6. The van der Waals surface area contributed by atoms with E-state index in [2.05, 4.69) is 15.1 Å². The van der Waals surface area contributed by atoms with Gasteiger partial charge in [0.1, 0.15) is 0 Å². The third kappa shape index (κ3) is 5.79. The van der Waals surface area contributed by atoms with Gasteiger partial charge in [-0.05, 0) is 76.6 Å². The minimum Gasteiger partial charge on any atom is -0.385 e. The Morgan fingerprint density at radius 3 is 2.35 bits per heavy atom. The first-order valence-electron chi connectivity index (χ1n) is 10.3. The van der Waals surface area contributed by atoms with Crippen LogP contribution in [-0.2, 0) is 16.2 Å². The van der Waals surface area contributed by atoms with Crippen LogP contribution in [0.3, 0.4) is 0 Å². The summed E-state index contributed by atoms with van der Waals surface area (Å²) < 4.78 is 67.9. The lowest BCUT2D eigenvalue weighted by Crippen LogP contribution is -2.46. The highest BCUT2D eigenvalue weighted by atomic mass is 32.2. The zero-order valence-electron chi connectivity index (χ0n) is 17.9. The third-order valence-electron chi connectivity index (χ3n) is 5.62. The summed E-state index contributed by atoms with van der Waals surface area (Å²) in [7, 11) is -3.38. The Labute approximate surface area is 181 Å². The van der Waals surface area contributed by atoms with Gasteiger partial charge in [0, 0.05) is 30.7 Å². The van der Waals surface area contributed by atoms with Gasteiger partial charge in [-0.25, -0.2) is 17.8 Å². The lowest BCUT2D eigenvalue weighted by atomic mass is 9.86. The molecule has 1 saturated carbocycles. The molecule has 0 unspecified atom stereocenters. The van der Waals surface area contributed by atoms with Crippen molar-refractivity contribution in [3.05, 3.63) is 42.2 Å². The van der Waals surface area contributed by atoms with Crippen LogP contribution in [0.4, 0.5) is 18.9 Å². The van der Waals surface area contributed by atoms with Gasteiger partial charge < -0.3 is 5.32 Å². The highest BCUT2D eigenvalue weighted by Gasteiger charge is 2.35. The Kier molecular flexibility index (Phi) is 6.71. The molecule has 0 bridgehead atoms. The predicted octanol–water partition coefficient (Wildman–Crippen LogP) is 4.58. The molecule has 1 aliphatic rings. The van der Waals surface area contributed by atoms with Gasteiger partial charge in [-0.2, -0.15) is 18.3 Å². The SMILES string of the molecule is CC(C)(C)S(=O)(=O)NC1CCC(CNc2ccc(C(F)(F)F)c(-n3cccn3)c2)CC1. The van der Waals surface area contributed by atoms with Gasteiger partial charge in [-0.3, -0.25) is 0 Å². The number of sulfonamides is 1. The number of nitrogens with one attached hydrogen (secondary N) is 2. The quantitative estimate of drug-likeness (QED) is 0.665. The molecule has 1 aliphatic carbocycles. The highest BCUT2D eigenvalue weighted by molar-refractivity contribution is 7.90. The maximum Gasteiger partial charge on any atom is 0.418 e. The molecule has 0 aliphatic heterocycles. The van der Waals surface area contributed by atoms with Gasteiger partial charge in [-0.15, -0.1) is 0 Å². The van der Waals surface area contributed by atoms with E-state index in [1.165, 1.54) is 29.2 Å². The van der Waals surface area contributed by atoms with E-state index >= 15 is 0 Å². The molecule has 3 rings (SSSR count). The lowest BCUT2D eigenvalue weighted by Gasteiger charge is -2.31. The van der Waals surface area contributed by atoms with Gasteiger partial charge >= 0.3 is 6.18 Å². The number of halogens is 3. The average Bonchev–Trinajstić information content (AvgIpc) is 3.20. The zero-order valence-corrected chi connectivity index (χ0v) is 18.7. The minimum absolute atomic E-state index is 0.0252. The van der Waals surface area contributed by atoms with Crippen LogP contribution in [0, 0.1) is 5.92 Å². The van der Waals surface area contributed by atoms with Crippen LogP contribution in [0.1, 0.15) is 52.0 Å². The fourth-order valence-corrected chi connectivity index (χ4v) is 4.65. The summed E-state index contributed by atoms with van der Waals surface area (Å²) in [5.74, 6) is 0.325. The Bertz CT molecular complexity index is 975. The minimum atomic E-state index is -4.47. The van der Waals surface area contributed by atoms with E-state index in [4.69, 9.17) is 0 Å². The standard InChI is InChI=1S/C21H29F3N4O2S/c1-20(2,3)31(29,30)27-16-7-5-15(6-8-16)14-25-17-9-10-18(21(22,23)24)19(13-17)28-12-4-11-26-28/h4,9-13,15-16,25,27H,5-8,14H2,1-3H3. The van der Waals surface area contributed by atoms with Crippen LogP contribution in [0.2, 0.25) is 0 Å². The molecule has 0 amide bonds. The summed E-state index contributed by atoms with van der Waals surface area (Å²) in [4.78, 5) is 0. The maximum atomic E-state index is 13.4. The number of alkyl halides is 3. The third-order valence-corrected chi connectivity index (χ3v) is 7.88. The molecule has 10 heteroatoms. The van der Waals surface area contributed by atoms with Gasteiger partial charge in [0.15, 0.2) is 0 Å². The molecule has 6 nitrogen and oxygen atoms in total. The monoisotopic (exact) mass is 458 g/mol. The van der Waals surface area contributed by atoms with E-state index < -0.39 is 26.5 Å². The molecule has 172 valence electrons. The predicted molar refractivity (Wildman–Crippen MR) is 115 cm³/mol. The first kappa shape index (κ1) is 23.6. The first-order chi connectivity index (χ1) is 14.4. The Hall–Kier alpha value is -2.07. The maximum absolute atomic E-state index is 13.4. The van der Waals surface area contributed by atoms with Crippen molar-refractivity contribution in [2.45, 2.75) is 63.4 Å². The second kappa shape index (κ2) is 8.82. The van der Waals surface area contributed by atoms with Crippen molar-refractivity contribution in [1.29, 1.82) is 0 Å². The number of hydrogen-bond acceptors (Lipinski definition) is 4. The number of nitrogens with zero attached hydrogens (tertiary/aromatic N) is 2. The Morgan fingerprint density at radius 1 is 1.13 bits per heavy atom. The van der Waals surface area contributed by atoms with Crippen molar-refractivity contribution < 1.29 is 21.6 Å². The molecule has 0 atom stereocenters. The summed E-state index contributed by atoms with van der Waals surface area (Å²) >= 11 is 0. The zero-order chi connectivity index (χ0) is 22.9. The van der Waals surface area contributed by atoms with Crippen molar-refractivity contribution in [2.24, 2.45) is 5.92 Å². The van der Waals surface area contributed by atoms with E-state index in [1.54, 1.807) is 26.8 Å². The first-order valence-corrected chi connectivity index (χ1v) is 11.8. The number of hydrogen-bond donors (Lipinski definition) is 2. The molecule has 31 heavy (non-hydrogen) atoms. The molecule has 2 N–H and O–H groups in total. The van der Waals surface area contributed by atoms with E-state index in [0.29, 0.717) is 18.2 Å². The molecule has 0 saturated heterocycles. The summed E-state index contributed by atoms with van der Waals surface area (Å²) in [6.07, 6.45) is 1.62. The van der Waals surface area contributed by atoms with Crippen molar-refractivity contribution >= 4 is 15.7 Å². The molecule has 1 fully saturated rings. The second-order valence-corrected chi connectivity index (χ2v) is 11.5. The van der Waals surface area contributed by atoms with Crippen LogP contribution >= 0.6 is 0 Å². The topological polar surface area (TPSA) is 76.0 Å². The fourth-order valence-electron chi connectivity index (χ4n) is 3.62. The smallest absolute Gasteiger partial charge is 0.385 e. The van der Waals surface area contributed by atoms with Crippen molar-refractivity contribution in [2.75, 3.05) is 11.9 Å². The van der Waals surface area contributed by atoms with Crippen LogP contribution < -0.4 is 10.0 Å². The molecule has 2 aromatic rings. The van der Waals surface area contributed by atoms with Gasteiger partial charge in [0.05, 0.1) is 16.0 Å². The lowest BCUT2D eigenvalue weighted by molar-refractivity contribution is -0.137. The molecular formula is C21H29F3N4O2S. The fraction of sp³-hybridized carbons (Fsp3) is 0.571. The average molecular weight is 459 g/mol. The van der Waals surface area contributed by atoms with E-state index in [0.717, 1.165) is 31.7 Å². The van der Waals surface area contributed by atoms with Crippen LogP contribution in [0.25, 0.3) is 5.69 Å². The molecule has 1 aromatic heterocycles. The Morgan fingerprint density at radius 2 is 1.81 bits per heavy atom. The number of aromatic nitrogens is 2. The summed E-state index contributed by atoms with van der Waals surface area (Å²) in [5.41, 5.74) is -0.176. The van der Waals surface area contributed by atoms with Gasteiger partial charge in [0.25, 0.3) is 0 Å². The van der Waals surface area contributed by atoms with Gasteiger partial charge in [-0.1, -0.05) is 0 Å². The van der Waals surface area contributed by atoms with E-state index in [1.807, 2.05) is 0 Å². The van der Waals surface area contributed by atoms with Crippen molar-refractivity contribution in [3.8, 4) is 5.69 Å². The number of benzene rings is 1. The highest BCUT2D eigenvalue weighted by Crippen LogP contribution is 2.35. The largest absolute Gasteiger partial charge is 0.418 e. The molecule has 0 radical (unpaired) electrons. The van der Waals surface area contributed by atoms with Crippen molar-refractivity contribution in [1.82, 2.24) is 14.5 Å².